The largest absolute Gasteiger partial charge is 0.394 e. The Morgan fingerprint density at radius 3 is 1.50 bits per heavy atom. The predicted octanol–water partition coefficient (Wildman–Crippen LogP) is -2.36. The second kappa shape index (κ2) is 3.93. The molecule has 0 saturated carbocycles. The number of nitrogens with zero attached hydrogens (tertiary/aromatic N) is 2. The first-order chi connectivity index (χ1) is 6.54. The molecule has 0 aromatic heterocycles. The summed E-state index contributed by atoms with van der Waals surface area (Å²) < 4.78 is 0. The van der Waals surface area contributed by atoms with E-state index in [0.717, 1.165) is 0 Å². The Balaban J connectivity index is 2.93. The van der Waals surface area contributed by atoms with Gasteiger partial charge in [-0.15, -0.1) is 0 Å². The van der Waals surface area contributed by atoms with Gasteiger partial charge in [0.1, 0.15) is 12.1 Å². The van der Waals surface area contributed by atoms with Crippen LogP contribution in [0.5, 0.6) is 0 Å². The van der Waals surface area contributed by atoms with E-state index in [1.165, 1.54) is 23.9 Å². The maximum atomic E-state index is 11.5. The predicted molar refractivity (Wildman–Crippen MR) is 47.3 cm³/mol. The molecule has 0 aromatic rings. The van der Waals surface area contributed by atoms with E-state index in [2.05, 4.69) is 0 Å². The number of hydrogen-bond donors (Lipinski definition) is 2. The van der Waals surface area contributed by atoms with Gasteiger partial charge in [-0.2, -0.15) is 0 Å². The number of rotatable bonds is 2. The van der Waals surface area contributed by atoms with Gasteiger partial charge in [0, 0.05) is 14.1 Å². The van der Waals surface area contributed by atoms with Gasteiger partial charge < -0.3 is 20.0 Å². The molecule has 0 aromatic carbocycles. The lowest BCUT2D eigenvalue weighted by atomic mass is 10.1. The summed E-state index contributed by atoms with van der Waals surface area (Å²) in [6, 6.07) is -1.65. The summed E-state index contributed by atoms with van der Waals surface area (Å²) in [6.07, 6.45) is 0. The van der Waals surface area contributed by atoms with Gasteiger partial charge in [0.2, 0.25) is 11.8 Å². The molecular formula is C8H14N2O4. The van der Waals surface area contributed by atoms with Gasteiger partial charge in [-0.25, -0.2) is 0 Å². The molecular weight excluding hydrogens is 188 g/mol. The Kier molecular flexibility index (Phi) is 3.07. The molecule has 80 valence electrons. The van der Waals surface area contributed by atoms with E-state index in [1.54, 1.807) is 0 Å². The molecule has 1 aliphatic rings. The molecule has 1 aliphatic heterocycles. The van der Waals surface area contributed by atoms with Crippen molar-refractivity contribution in [1.82, 2.24) is 9.80 Å². The number of carbonyl (C=O) groups excluding carboxylic acids is 2. The molecule has 2 amide bonds. The highest BCUT2D eigenvalue weighted by atomic mass is 16.3. The average Bonchev–Trinajstić information content (AvgIpc) is 2.17. The zero-order valence-corrected chi connectivity index (χ0v) is 8.17. The van der Waals surface area contributed by atoms with Crippen LogP contribution in [0, 0.1) is 0 Å². The molecule has 1 rings (SSSR count). The summed E-state index contributed by atoms with van der Waals surface area (Å²) in [5.41, 5.74) is 0. The summed E-state index contributed by atoms with van der Waals surface area (Å²) >= 11 is 0. The van der Waals surface area contributed by atoms with Gasteiger partial charge in [0.25, 0.3) is 0 Å². The molecule has 0 spiro atoms. The smallest absolute Gasteiger partial charge is 0.248 e. The van der Waals surface area contributed by atoms with Crippen LogP contribution >= 0.6 is 0 Å². The first-order valence-electron chi connectivity index (χ1n) is 4.29. The summed E-state index contributed by atoms with van der Waals surface area (Å²) in [4.78, 5) is 25.4. The molecule has 0 radical (unpaired) electrons. The summed E-state index contributed by atoms with van der Waals surface area (Å²) in [6.45, 7) is -0.798. The van der Waals surface area contributed by atoms with E-state index in [1.807, 2.05) is 0 Å². The highest BCUT2D eigenvalue weighted by molar-refractivity contribution is 5.96. The normalized spacial score (nSPS) is 28.6. The van der Waals surface area contributed by atoms with Gasteiger partial charge >= 0.3 is 0 Å². The zero-order chi connectivity index (χ0) is 10.9. The van der Waals surface area contributed by atoms with Crippen LogP contribution in [-0.4, -0.2) is 71.2 Å². The summed E-state index contributed by atoms with van der Waals surface area (Å²) in [5.74, 6) is -0.706. The lowest BCUT2D eigenvalue weighted by Gasteiger charge is -2.40. The molecule has 0 aliphatic carbocycles. The van der Waals surface area contributed by atoms with Crippen LogP contribution in [0.1, 0.15) is 0 Å². The van der Waals surface area contributed by atoms with Crippen molar-refractivity contribution in [1.29, 1.82) is 0 Å². The summed E-state index contributed by atoms with van der Waals surface area (Å²) in [7, 11) is 2.88. The highest BCUT2D eigenvalue weighted by Crippen LogP contribution is 2.14. The fourth-order valence-electron chi connectivity index (χ4n) is 1.51. The molecule has 0 bridgehead atoms. The Labute approximate surface area is 81.7 Å². The van der Waals surface area contributed by atoms with Crippen LogP contribution in [0.15, 0.2) is 0 Å². The first-order valence-corrected chi connectivity index (χ1v) is 4.29. The van der Waals surface area contributed by atoms with E-state index >= 15 is 0 Å². The van der Waals surface area contributed by atoms with E-state index in [4.69, 9.17) is 10.2 Å². The Morgan fingerprint density at radius 1 is 1.00 bits per heavy atom. The van der Waals surface area contributed by atoms with Crippen LogP contribution in [-0.2, 0) is 9.59 Å². The second-order valence-corrected chi connectivity index (χ2v) is 3.30. The van der Waals surface area contributed by atoms with E-state index in [0.29, 0.717) is 0 Å². The minimum absolute atomic E-state index is 0.353. The number of aliphatic hydroxyl groups excluding tert-OH is 2. The van der Waals surface area contributed by atoms with Crippen molar-refractivity contribution in [3.63, 3.8) is 0 Å². The molecule has 1 heterocycles. The molecule has 2 N–H and O–H groups in total. The molecule has 2 atom stereocenters. The number of amides is 2. The van der Waals surface area contributed by atoms with Gasteiger partial charge in [0.15, 0.2) is 0 Å². The average molecular weight is 202 g/mol. The van der Waals surface area contributed by atoms with Crippen LogP contribution in [0.2, 0.25) is 0 Å². The molecule has 6 heteroatoms. The molecule has 1 saturated heterocycles. The Morgan fingerprint density at radius 2 is 1.29 bits per heavy atom. The number of carbonyl (C=O) groups is 2. The van der Waals surface area contributed by atoms with Gasteiger partial charge in [-0.3, -0.25) is 9.59 Å². The third-order valence-corrected chi connectivity index (χ3v) is 2.55. The Bertz CT molecular complexity index is 230. The summed E-state index contributed by atoms with van der Waals surface area (Å²) in [5, 5.41) is 17.8. The number of hydrogen-bond acceptors (Lipinski definition) is 4. The lowest BCUT2D eigenvalue weighted by Crippen LogP contribution is -2.64. The highest BCUT2D eigenvalue weighted by Gasteiger charge is 2.41. The van der Waals surface area contributed by atoms with E-state index in [-0.39, 0.29) is 11.8 Å². The van der Waals surface area contributed by atoms with Crippen molar-refractivity contribution >= 4 is 11.8 Å². The van der Waals surface area contributed by atoms with Crippen molar-refractivity contribution in [2.75, 3.05) is 27.3 Å². The standard InChI is InChI=1S/C8H14N2O4/c1-9-5(3-11)8(14)10(2)6(4-12)7(9)13/h5-6,11-12H,3-4H2,1-2H3. The van der Waals surface area contributed by atoms with Crippen LogP contribution in [0.4, 0.5) is 0 Å². The van der Waals surface area contributed by atoms with Gasteiger partial charge in [0.05, 0.1) is 13.2 Å². The molecule has 1 fully saturated rings. The van der Waals surface area contributed by atoms with Crippen molar-refractivity contribution in [3.8, 4) is 0 Å². The van der Waals surface area contributed by atoms with Crippen molar-refractivity contribution in [2.24, 2.45) is 0 Å². The van der Waals surface area contributed by atoms with Crippen LogP contribution in [0.25, 0.3) is 0 Å². The minimum atomic E-state index is -0.824. The maximum Gasteiger partial charge on any atom is 0.248 e. The quantitative estimate of drug-likeness (QED) is 0.525. The third-order valence-electron chi connectivity index (χ3n) is 2.55. The van der Waals surface area contributed by atoms with Crippen molar-refractivity contribution < 1.29 is 19.8 Å². The van der Waals surface area contributed by atoms with Gasteiger partial charge in [-0.05, 0) is 0 Å². The second-order valence-electron chi connectivity index (χ2n) is 3.30. The van der Waals surface area contributed by atoms with E-state index < -0.39 is 25.3 Å². The van der Waals surface area contributed by atoms with E-state index in [9.17, 15) is 9.59 Å². The number of likely N-dealkylation sites (N-methyl/N-ethyl adjacent to an activating group) is 2. The third kappa shape index (κ3) is 1.46. The lowest BCUT2D eigenvalue weighted by molar-refractivity contribution is -0.161. The molecule has 14 heavy (non-hydrogen) atoms. The maximum absolute atomic E-state index is 11.5. The fourth-order valence-corrected chi connectivity index (χ4v) is 1.51. The fraction of sp³-hybridized carbons (Fsp3) is 0.750. The monoisotopic (exact) mass is 202 g/mol. The van der Waals surface area contributed by atoms with Gasteiger partial charge in [-0.1, -0.05) is 0 Å². The number of aliphatic hydroxyl groups is 2. The SMILES string of the molecule is CN1C(=O)C(CO)N(C)C(=O)C1CO. The molecule has 6 nitrogen and oxygen atoms in total. The first kappa shape index (κ1) is 10.9. The minimum Gasteiger partial charge on any atom is -0.394 e. The number of piperazine rings is 1. The molecule has 2 unspecified atom stereocenters. The van der Waals surface area contributed by atoms with Crippen molar-refractivity contribution in [3.05, 3.63) is 0 Å². The van der Waals surface area contributed by atoms with Crippen LogP contribution < -0.4 is 0 Å². The Hall–Kier alpha value is -1.14. The van der Waals surface area contributed by atoms with Crippen LogP contribution in [0.3, 0.4) is 0 Å². The zero-order valence-electron chi connectivity index (χ0n) is 8.17. The van der Waals surface area contributed by atoms with Crippen molar-refractivity contribution in [2.45, 2.75) is 12.1 Å². The topological polar surface area (TPSA) is 81.1 Å².